The minimum Gasteiger partial charge on any atom is -0.377 e. The Bertz CT molecular complexity index is 212. The van der Waals surface area contributed by atoms with Gasteiger partial charge in [-0.05, 0) is 18.8 Å². The summed E-state index contributed by atoms with van der Waals surface area (Å²) >= 11 is 0. The zero-order valence-electron chi connectivity index (χ0n) is 8.22. The molecule has 0 radical (unpaired) electrons. The molecule has 0 unspecified atom stereocenters. The molecule has 1 heteroatoms. The Morgan fingerprint density at radius 1 is 1.50 bits per heavy atom. The van der Waals surface area contributed by atoms with Gasteiger partial charge in [-0.25, -0.2) is 0 Å². The van der Waals surface area contributed by atoms with E-state index in [9.17, 15) is 5.11 Å². The minimum absolute atomic E-state index is 0.126. The second-order valence-electron chi connectivity index (χ2n) is 4.59. The van der Waals surface area contributed by atoms with Gasteiger partial charge in [0.05, 0.1) is 0 Å². The van der Waals surface area contributed by atoms with Gasteiger partial charge >= 0.3 is 0 Å². The minimum atomic E-state index is -0.898. The molecule has 0 aliphatic heterocycles. The van der Waals surface area contributed by atoms with Gasteiger partial charge in [0.25, 0.3) is 0 Å². The number of aliphatic hydroxyl groups is 1. The topological polar surface area (TPSA) is 20.2 Å². The van der Waals surface area contributed by atoms with Crippen molar-refractivity contribution < 1.29 is 5.11 Å². The van der Waals surface area contributed by atoms with Crippen molar-refractivity contribution in [2.24, 2.45) is 11.3 Å². The number of terminal acetylenes is 1. The number of rotatable bonds is 0. The van der Waals surface area contributed by atoms with Crippen LogP contribution in [0.2, 0.25) is 0 Å². The van der Waals surface area contributed by atoms with Gasteiger partial charge in [-0.2, -0.15) is 0 Å². The summed E-state index contributed by atoms with van der Waals surface area (Å²) in [5.41, 5.74) is -1.02. The van der Waals surface area contributed by atoms with Crippen LogP contribution < -0.4 is 0 Å². The van der Waals surface area contributed by atoms with E-state index in [1.165, 1.54) is 6.42 Å². The standard InChI is InChI=1S/C11H18O/c1-5-11(12)9(2)7-6-8-10(11,3)4/h1,9,12H,6-8H2,2-4H3/t9-,11-/m0/s1. The lowest BCUT2D eigenvalue weighted by Gasteiger charge is -2.47. The maximum Gasteiger partial charge on any atom is 0.132 e. The van der Waals surface area contributed by atoms with Crippen molar-refractivity contribution in [2.75, 3.05) is 0 Å². The summed E-state index contributed by atoms with van der Waals surface area (Å²) in [4.78, 5) is 0. The molecule has 1 rings (SSSR count). The van der Waals surface area contributed by atoms with Crippen LogP contribution in [0.15, 0.2) is 0 Å². The average molecular weight is 166 g/mol. The van der Waals surface area contributed by atoms with E-state index < -0.39 is 5.60 Å². The fourth-order valence-corrected chi connectivity index (χ4v) is 2.25. The first-order valence-electron chi connectivity index (χ1n) is 4.64. The molecule has 1 N–H and O–H groups in total. The third kappa shape index (κ3) is 1.15. The van der Waals surface area contributed by atoms with Crippen LogP contribution >= 0.6 is 0 Å². The van der Waals surface area contributed by atoms with Crippen molar-refractivity contribution >= 4 is 0 Å². The van der Waals surface area contributed by atoms with E-state index in [0.717, 1.165) is 12.8 Å². The molecule has 1 aliphatic rings. The fourth-order valence-electron chi connectivity index (χ4n) is 2.25. The molecular weight excluding hydrogens is 148 g/mol. The van der Waals surface area contributed by atoms with Crippen molar-refractivity contribution in [2.45, 2.75) is 45.6 Å². The number of hydrogen-bond acceptors (Lipinski definition) is 1. The van der Waals surface area contributed by atoms with E-state index in [2.05, 4.69) is 19.8 Å². The van der Waals surface area contributed by atoms with Gasteiger partial charge in [-0.3, -0.25) is 0 Å². The lowest BCUT2D eigenvalue weighted by atomic mass is 9.61. The largest absolute Gasteiger partial charge is 0.377 e. The maximum atomic E-state index is 10.2. The Labute approximate surface area is 75.2 Å². The van der Waals surface area contributed by atoms with Crippen LogP contribution in [0, 0.1) is 23.7 Å². The predicted octanol–water partition coefficient (Wildman–Crippen LogP) is 2.20. The van der Waals surface area contributed by atoms with Crippen molar-refractivity contribution in [1.29, 1.82) is 0 Å². The zero-order valence-corrected chi connectivity index (χ0v) is 8.22. The highest BCUT2D eigenvalue weighted by molar-refractivity contribution is 5.17. The Morgan fingerprint density at radius 3 is 2.42 bits per heavy atom. The predicted molar refractivity (Wildman–Crippen MR) is 50.6 cm³/mol. The van der Waals surface area contributed by atoms with Gasteiger partial charge < -0.3 is 5.11 Å². The Kier molecular flexibility index (Phi) is 2.23. The Hall–Kier alpha value is -0.480. The summed E-state index contributed by atoms with van der Waals surface area (Å²) in [6.45, 7) is 6.16. The molecule has 0 aromatic heterocycles. The molecule has 1 saturated carbocycles. The van der Waals surface area contributed by atoms with Crippen LogP contribution in [0.25, 0.3) is 0 Å². The van der Waals surface area contributed by atoms with Crippen molar-refractivity contribution in [3.63, 3.8) is 0 Å². The van der Waals surface area contributed by atoms with Crippen LogP contribution in [0.5, 0.6) is 0 Å². The molecule has 12 heavy (non-hydrogen) atoms. The smallest absolute Gasteiger partial charge is 0.132 e. The van der Waals surface area contributed by atoms with Crippen molar-refractivity contribution in [3.8, 4) is 12.3 Å². The highest BCUT2D eigenvalue weighted by Crippen LogP contribution is 2.46. The summed E-state index contributed by atoms with van der Waals surface area (Å²) in [6.07, 6.45) is 8.65. The van der Waals surface area contributed by atoms with Crippen LogP contribution in [0.4, 0.5) is 0 Å². The van der Waals surface area contributed by atoms with E-state index in [1.54, 1.807) is 0 Å². The van der Waals surface area contributed by atoms with Crippen LogP contribution in [0.3, 0.4) is 0 Å². The van der Waals surface area contributed by atoms with E-state index >= 15 is 0 Å². The molecular formula is C11H18O. The molecule has 1 fully saturated rings. The lowest BCUT2D eigenvalue weighted by molar-refractivity contribution is -0.0859. The number of hydrogen-bond donors (Lipinski definition) is 1. The van der Waals surface area contributed by atoms with E-state index in [0.29, 0.717) is 0 Å². The molecule has 1 nitrogen and oxygen atoms in total. The molecule has 0 saturated heterocycles. The molecule has 0 heterocycles. The zero-order chi connectivity index (χ0) is 9.41. The van der Waals surface area contributed by atoms with Gasteiger partial charge in [-0.1, -0.05) is 33.1 Å². The van der Waals surface area contributed by atoms with Crippen molar-refractivity contribution in [1.82, 2.24) is 0 Å². The summed E-state index contributed by atoms with van der Waals surface area (Å²) in [7, 11) is 0. The van der Waals surface area contributed by atoms with E-state index in [1.807, 2.05) is 6.92 Å². The second-order valence-corrected chi connectivity index (χ2v) is 4.59. The van der Waals surface area contributed by atoms with Gasteiger partial charge in [0, 0.05) is 5.41 Å². The summed E-state index contributed by atoms with van der Waals surface area (Å²) < 4.78 is 0. The third-order valence-electron chi connectivity index (χ3n) is 3.40. The van der Waals surface area contributed by atoms with Gasteiger partial charge in [0.15, 0.2) is 0 Å². The highest BCUT2D eigenvalue weighted by Gasteiger charge is 2.48. The third-order valence-corrected chi connectivity index (χ3v) is 3.40. The van der Waals surface area contributed by atoms with Gasteiger partial charge in [-0.15, -0.1) is 6.42 Å². The monoisotopic (exact) mass is 166 g/mol. The Balaban J connectivity index is 2.98. The molecule has 0 spiro atoms. The summed E-state index contributed by atoms with van der Waals surface area (Å²) in [5.74, 6) is 2.80. The first-order chi connectivity index (χ1) is 5.44. The molecule has 2 atom stereocenters. The average Bonchev–Trinajstić information content (AvgIpc) is 2.00. The SMILES string of the molecule is C#C[C@]1(O)[C@@H](C)CCCC1(C)C. The van der Waals surface area contributed by atoms with Crippen LogP contribution in [0.1, 0.15) is 40.0 Å². The van der Waals surface area contributed by atoms with Gasteiger partial charge in [0.1, 0.15) is 5.60 Å². The Morgan fingerprint density at radius 2 is 2.08 bits per heavy atom. The van der Waals surface area contributed by atoms with Crippen molar-refractivity contribution in [3.05, 3.63) is 0 Å². The summed E-state index contributed by atoms with van der Waals surface area (Å²) in [5, 5.41) is 10.2. The van der Waals surface area contributed by atoms with Gasteiger partial charge in [0.2, 0.25) is 0 Å². The molecule has 0 amide bonds. The normalized spacial score (nSPS) is 40.4. The highest BCUT2D eigenvalue weighted by atomic mass is 16.3. The lowest BCUT2D eigenvalue weighted by Crippen LogP contribution is -2.51. The molecule has 0 bridgehead atoms. The maximum absolute atomic E-state index is 10.2. The van der Waals surface area contributed by atoms with Crippen LogP contribution in [-0.2, 0) is 0 Å². The first-order valence-corrected chi connectivity index (χ1v) is 4.64. The first kappa shape index (κ1) is 9.61. The molecule has 0 aromatic rings. The fraction of sp³-hybridized carbons (Fsp3) is 0.818. The quantitative estimate of drug-likeness (QED) is 0.547. The van der Waals surface area contributed by atoms with Crippen LogP contribution in [-0.4, -0.2) is 10.7 Å². The molecule has 0 aromatic carbocycles. The second kappa shape index (κ2) is 2.78. The summed E-state index contributed by atoms with van der Waals surface area (Å²) in [6, 6.07) is 0. The molecule has 68 valence electrons. The van der Waals surface area contributed by atoms with E-state index in [4.69, 9.17) is 6.42 Å². The van der Waals surface area contributed by atoms with E-state index in [-0.39, 0.29) is 11.3 Å². The molecule has 1 aliphatic carbocycles.